The van der Waals surface area contributed by atoms with E-state index in [1.165, 1.54) is 5.56 Å². The van der Waals surface area contributed by atoms with E-state index in [2.05, 4.69) is 52.4 Å². The number of rotatable bonds is 6. The Morgan fingerprint density at radius 2 is 1.67 bits per heavy atom. The number of methoxy groups -OCH3 is 2. The molecule has 2 rings (SSSR count). The van der Waals surface area contributed by atoms with Crippen molar-refractivity contribution in [1.29, 1.82) is 0 Å². The van der Waals surface area contributed by atoms with Gasteiger partial charge in [-0.1, -0.05) is 28.1 Å². The first-order valence-corrected chi connectivity index (χ1v) is 7.64. The van der Waals surface area contributed by atoms with Crippen LogP contribution in [0.25, 0.3) is 0 Å². The zero-order valence-electron chi connectivity index (χ0n) is 12.5. The second-order valence-electron chi connectivity index (χ2n) is 4.95. The maximum Gasteiger partial charge on any atom is 0.162 e. The van der Waals surface area contributed by atoms with E-state index in [9.17, 15) is 0 Å². The van der Waals surface area contributed by atoms with Crippen molar-refractivity contribution in [2.24, 2.45) is 0 Å². The van der Waals surface area contributed by atoms with Gasteiger partial charge in [0.15, 0.2) is 11.5 Å². The third kappa shape index (κ3) is 4.39. The van der Waals surface area contributed by atoms with Gasteiger partial charge in [-0.15, -0.1) is 0 Å². The highest BCUT2D eigenvalue weighted by atomic mass is 79.9. The Labute approximate surface area is 134 Å². The van der Waals surface area contributed by atoms with Crippen molar-refractivity contribution in [2.45, 2.75) is 19.4 Å². The highest BCUT2D eigenvalue weighted by molar-refractivity contribution is 9.10. The van der Waals surface area contributed by atoms with Gasteiger partial charge in [0.25, 0.3) is 0 Å². The van der Waals surface area contributed by atoms with Gasteiger partial charge in [-0.25, -0.2) is 0 Å². The fourth-order valence-electron chi connectivity index (χ4n) is 2.24. The van der Waals surface area contributed by atoms with Crippen molar-refractivity contribution in [3.8, 4) is 11.5 Å². The third-order valence-corrected chi connectivity index (χ3v) is 3.78. The van der Waals surface area contributed by atoms with Crippen LogP contribution in [0.1, 0.15) is 12.5 Å². The van der Waals surface area contributed by atoms with Crippen LogP contribution in [0.4, 0.5) is 5.69 Å². The van der Waals surface area contributed by atoms with E-state index in [-0.39, 0.29) is 0 Å². The van der Waals surface area contributed by atoms with Crippen molar-refractivity contribution in [1.82, 2.24) is 0 Å². The SMILES string of the molecule is COc1ccc(NC(C)Cc2ccc(Br)cc2)cc1OC. The molecule has 0 saturated carbocycles. The molecule has 0 bridgehead atoms. The Bertz CT molecular complexity index is 584. The fourth-order valence-corrected chi connectivity index (χ4v) is 2.50. The zero-order chi connectivity index (χ0) is 15.2. The number of benzene rings is 2. The first-order chi connectivity index (χ1) is 10.1. The second kappa shape index (κ2) is 7.36. The summed E-state index contributed by atoms with van der Waals surface area (Å²) >= 11 is 3.45. The van der Waals surface area contributed by atoms with Gasteiger partial charge in [0.2, 0.25) is 0 Å². The molecule has 0 fully saturated rings. The number of nitrogens with one attached hydrogen (secondary N) is 1. The molecule has 0 heterocycles. The molecule has 0 aromatic heterocycles. The molecule has 0 aliphatic rings. The van der Waals surface area contributed by atoms with E-state index in [1.807, 2.05) is 18.2 Å². The van der Waals surface area contributed by atoms with Gasteiger partial charge < -0.3 is 14.8 Å². The smallest absolute Gasteiger partial charge is 0.162 e. The van der Waals surface area contributed by atoms with Crippen LogP contribution in [0.3, 0.4) is 0 Å². The van der Waals surface area contributed by atoms with Gasteiger partial charge in [-0.2, -0.15) is 0 Å². The van der Waals surface area contributed by atoms with E-state index in [1.54, 1.807) is 14.2 Å². The number of anilines is 1. The van der Waals surface area contributed by atoms with Crippen LogP contribution < -0.4 is 14.8 Å². The maximum absolute atomic E-state index is 5.32. The van der Waals surface area contributed by atoms with Gasteiger partial charge >= 0.3 is 0 Å². The van der Waals surface area contributed by atoms with Crippen molar-refractivity contribution >= 4 is 21.6 Å². The largest absolute Gasteiger partial charge is 0.493 e. The number of hydrogen-bond donors (Lipinski definition) is 1. The summed E-state index contributed by atoms with van der Waals surface area (Å²) in [7, 11) is 3.29. The van der Waals surface area contributed by atoms with E-state index in [0.717, 1.165) is 28.1 Å². The molecule has 0 aliphatic heterocycles. The van der Waals surface area contributed by atoms with Gasteiger partial charge in [0.05, 0.1) is 14.2 Å². The van der Waals surface area contributed by atoms with Crippen LogP contribution in [0.15, 0.2) is 46.9 Å². The molecule has 1 N–H and O–H groups in total. The van der Waals surface area contributed by atoms with Crippen LogP contribution in [0.5, 0.6) is 11.5 Å². The molecule has 2 aromatic rings. The van der Waals surface area contributed by atoms with Crippen LogP contribution in [0, 0.1) is 0 Å². The first kappa shape index (κ1) is 15.7. The monoisotopic (exact) mass is 349 g/mol. The molecule has 1 unspecified atom stereocenters. The molecule has 3 nitrogen and oxygen atoms in total. The molecule has 4 heteroatoms. The fraction of sp³-hybridized carbons (Fsp3) is 0.294. The Balaban J connectivity index is 2.02. The summed E-state index contributed by atoms with van der Waals surface area (Å²) in [5.74, 6) is 1.47. The summed E-state index contributed by atoms with van der Waals surface area (Å²) in [6, 6.07) is 14.6. The highest BCUT2D eigenvalue weighted by Gasteiger charge is 2.07. The summed E-state index contributed by atoms with van der Waals surface area (Å²) in [5.41, 5.74) is 2.33. The highest BCUT2D eigenvalue weighted by Crippen LogP contribution is 2.30. The molecular weight excluding hydrogens is 330 g/mol. The minimum absolute atomic E-state index is 0.323. The lowest BCUT2D eigenvalue weighted by Crippen LogP contribution is -2.18. The molecule has 0 amide bonds. The Kier molecular flexibility index (Phi) is 5.51. The first-order valence-electron chi connectivity index (χ1n) is 6.85. The molecule has 112 valence electrons. The average molecular weight is 350 g/mol. The van der Waals surface area contributed by atoms with E-state index in [0.29, 0.717) is 6.04 Å². The van der Waals surface area contributed by atoms with Crippen LogP contribution in [0.2, 0.25) is 0 Å². The normalized spacial score (nSPS) is 11.8. The van der Waals surface area contributed by atoms with E-state index >= 15 is 0 Å². The van der Waals surface area contributed by atoms with E-state index < -0.39 is 0 Å². The predicted molar refractivity (Wildman–Crippen MR) is 90.5 cm³/mol. The van der Waals surface area contributed by atoms with Crippen molar-refractivity contribution in [2.75, 3.05) is 19.5 Å². The lowest BCUT2D eigenvalue weighted by Gasteiger charge is -2.17. The molecule has 1 atom stereocenters. The van der Waals surface area contributed by atoms with Crippen LogP contribution in [-0.2, 0) is 6.42 Å². The summed E-state index contributed by atoms with van der Waals surface area (Å²) in [5, 5.41) is 3.48. The van der Waals surface area contributed by atoms with Crippen molar-refractivity contribution < 1.29 is 9.47 Å². The van der Waals surface area contributed by atoms with E-state index in [4.69, 9.17) is 9.47 Å². The molecule has 0 saturated heterocycles. The summed E-state index contributed by atoms with van der Waals surface area (Å²) in [6.07, 6.45) is 0.960. The van der Waals surface area contributed by atoms with Crippen molar-refractivity contribution in [3.63, 3.8) is 0 Å². The Hall–Kier alpha value is -1.68. The molecule has 2 aromatic carbocycles. The number of hydrogen-bond acceptors (Lipinski definition) is 3. The quantitative estimate of drug-likeness (QED) is 0.832. The number of halogens is 1. The van der Waals surface area contributed by atoms with Gasteiger partial charge in [0, 0.05) is 22.3 Å². The van der Waals surface area contributed by atoms with Crippen LogP contribution in [-0.4, -0.2) is 20.3 Å². The predicted octanol–water partition coefficient (Wildman–Crippen LogP) is 4.51. The lowest BCUT2D eigenvalue weighted by atomic mass is 10.1. The minimum atomic E-state index is 0.323. The number of ether oxygens (including phenoxy) is 2. The molecular formula is C17H20BrNO2. The Morgan fingerprint density at radius 1 is 1.00 bits per heavy atom. The summed E-state index contributed by atoms with van der Waals surface area (Å²) < 4.78 is 11.7. The van der Waals surface area contributed by atoms with Gasteiger partial charge in [0.1, 0.15) is 0 Å². The third-order valence-electron chi connectivity index (χ3n) is 3.25. The molecule has 0 aliphatic carbocycles. The summed E-state index contributed by atoms with van der Waals surface area (Å²) in [6.45, 7) is 2.17. The van der Waals surface area contributed by atoms with Crippen molar-refractivity contribution in [3.05, 3.63) is 52.5 Å². The maximum atomic E-state index is 5.32. The average Bonchev–Trinajstić information content (AvgIpc) is 2.49. The minimum Gasteiger partial charge on any atom is -0.493 e. The standard InChI is InChI=1S/C17H20BrNO2/c1-12(10-13-4-6-14(18)7-5-13)19-15-8-9-16(20-2)17(11-15)21-3/h4-9,11-12,19H,10H2,1-3H3. The lowest BCUT2D eigenvalue weighted by molar-refractivity contribution is 0.355. The Morgan fingerprint density at radius 3 is 2.29 bits per heavy atom. The zero-order valence-corrected chi connectivity index (χ0v) is 14.1. The van der Waals surface area contributed by atoms with Crippen LogP contribution >= 0.6 is 15.9 Å². The van der Waals surface area contributed by atoms with Gasteiger partial charge in [-0.3, -0.25) is 0 Å². The molecule has 0 radical (unpaired) electrons. The molecule has 0 spiro atoms. The molecule has 21 heavy (non-hydrogen) atoms. The topological polar surface area (TPSA) is 30.5 Å². The summed E-state index contributed by atoms with van der Waals surface area (Å²) in [4.78, 5) is 0. The second-order valence-corrected chi connectivity index (χ2v) is 5.86. The van der Waals surface area contributed by atoms with Gasteiger partial charge in [-0.05, 0) is 43.2 Å².